The summed E-state index contributed by atoms with van der Waals surface area (Å²) in [6.45, 7) is 4.78. The minimum absolute atomic E-state index is 0.275. The minimum Gasteiger partial charge on any atom is -0.488 e. The number of hydrogen-bond acceptors (Lipinski definition) is 3. The number of ether oxygens (including phenoxy) is 2. The predicted molar refractivity (Wildman–Crippen MR) is 85.0 cm³/mol. The Hall–Kier alpha value is -1.06. The van der Waals surface area contributed by atoms with Gasteiger partial charge in [-0.05, 0) is 31.4 Å². The number of benzene rings is 1. The van der Waals surface area contributed by atoms with Gasteiger partial charge in [0.05, 0.1) is 12.7 Å². The predicted octanol–water partition coefficient (Wildman–Crippen LogP) is 3.24. The summed E-state index contributed by atoms with van der Waals surface area (Å²) >= 11 is 0. The molecule has 1 atom stereocenters. The maximum Gasteiger partial charge on any atom is 0.123 e. The lowest BCUT2D eigenvalue weighted by atomic mass is 9.98. The van der Waals surface area contributed by atoms with Gasteiger partial charge < -0.3 is 14.8 Å². The first-order chi connectivity index (χ1) is 10.3. The van der Waals surface area contributed by atoms with Crippen molar-refractivity contribution >= 4 is 0 Å². The molecule has 1 aliphatic carbocycles. The molecular weight excluding hydrogens is 262 g/mol. The van der Waals surface area contributed by atoms with Gasteiger partial charge in [-0.25, -0.2) is 0 Å². The lowest BCUT2D eigenvalue weighted by molar-refractivity contribution is 0.0296. The molecule has 1 fully saturated rings. The smallest absolute Gasteiger partial charge is 0.123 e. The van der Waals surface area contributed by atoms with Gasteiger partial charge in [0.2, 0.25) is 0 Å². The van der Waals surface area contributed by atoms with E-state index in [4.69, 9.17) is 9.47 Å². The molecule has 0 amide bonds. The molecule has 116 valence electrons. The molecular formula is C18H27NO2. The Labute approximate surface area is 128 Å². The molecule has 1 saturated carbocycles. The van der Waals surface area contributed by atoms with Crippen LogP contribution in [-0.4, -0.2) is 31.9 Å². The number of hydrogen-bond donors (Lipinski definition) is 1. The van der Waals surface area contributed by atoms with Crippen LogP contribution in [0.1, 0.15) is 43.2 Å². The molecule has 1 aromatic rings. The van der Waals surface area contributed by atoms with Crippen molar-refractivity contribution in [2.75, 3.05) is 19.7 Å². The zero-order valence-corrected chi connectivity index (χ0v) is 13.1. The molecule has 1 aromatic carbocycles. The van der Waals surface area contributed by atoms with E-state index in [0.717, 1.165) is 31.9 Å². The van der Waals surface area contributed by atoms with Gasteiger partial charge in [-0.15, -0.1) is 0 Å². The van der Waals surface area contributed by atoms with Crippen LogP contribution in [0.2, 0.25) is 0 Å². The van der Waals surface area contributed by atoms with Gasteiger partial charge in [-0.2, -0.15) is 0 Å². The summed E-state index contributed by atoms with van der Waals surface area (Å²) in [4.78, 5) is 0. The number of fused-ring (bicyclic) bond motifs is 1. The van der Waals surface area contributed by atoms with Crippen molar-refractivity contribution in [2.45, 2.75) is 57.7 Å². The average Bonchev–Trinajstić information content (AvgIpc) is 2.90. The summed E-state index contributed by atoms with van der Waals surface area (Å²) in [6.07, 6.45) is 8.37. The van der Waals surface area contributed by atoms with Gasteiger partial charge in [0.25, 0.3) is 0 Å². The molecule has 21 heavy (non-hydrogen) atoms. The quantitative estimate of drug-likeness (QED) is 0.816. The lowest BCUT2D eigenvalue weighted by Gasteiger charge is -2.22. The second-order valence-corrected chi connectivity index (χ2v) is 6.39. The molecule has 0 aromatic heterocycles. The maximum absolute atomic E-state index is 5.96. The van der Waals surface area contributed by atoms with E-state index in [2.05, 4.69) is 30.4 Å². The third-order valence-electron chi connectivity index (χ3n) is 4.51. The van der Waals surface area contributed by atoms with Crippen LogP contribution in [0.5, 0.6) is 5.75 Å². The third-order valence-corrected chi connectivity index (χ3v) is 4.51. The largest absolute Gasteiger partial charge is 0.488 e. The topological polar surface area (TPSA) is 30.5 Å². The first-order valence-electron chi connectivity index (χ1n) is 8.40. The Bertz CT molecular complexity index is 455. The fourth-order valence-corrected chi connectivity index (χ4v) is 3.36. The van der Waals surface area contributed by atoms with Crippen molar-refractivity contribution in [1.29, 1.82) is 0 Å². The highest BCUT2D eigenvalue weighted by Crippen LogP contribution is 2.29. The van der Waals surface area contributed by atoms with Crippen LogP contribution in [-0.2, 0) is 11.2 Å². The summed E-state index contributed by atoms with van der Waals surface area (Å²) in [6, 6.07) is 6.45. The van der Waals surface area contributed by atoms with Crippen LogP contribution in [0.3, 0.4) is 0 Å². The molecule has 1 heterocycles. The number of aryl methyl sites for hydroxylation is 1. The zero-order chi connectivity index (χ0) is 14.5. The van der Waals surface area contributed by atoms with Crippen molar-refractivity contribution in [3.05, 3.63) is 29.3 Å². The van der Waals surface area contributed by atoms with E-state index < -0.39 is 0 Å². The Morgan fingerprint density at radius 2 is 2.10 bits per heavy atom. The molecule has 3 nitrogen and oxygen atoms in total. The van der Waals surface area contributed by atoms with Crippen LogP contribution in [0.25, 0.3) is 0 Å². The second-order valence-electron chi connectivity index (χ2n) is 6.39. The van der Waals surface area contributed by atoms with E-state index in [0.29, 0.717) is 6.10 Å². The Morgan fingerprint density at radius 3 is 2.95 bits per heavy atom. The SMILES string of the molecule is Cc1ccc2c(c1)CC(CNCCOC1CCCCC1)O2. The highest BCUT2D eigenvalue weighted by atomic mass is 16.5. The zero-order valence-electron chi connectivity index (χ0n) is 13.1. The van der Waals surface area contributed by atoms with Gasteiger partial charge >= 0.3 is 0 Å². The van der Waals surface area contributed by atoms with Gasteiger partial charge in [0.15, 0.2) is 0 Å². The van der Waals surface area contributed by atoms with Gasteiger partial charge in [0, 0.05) is 19.5 Å². The van der Waals surface area contributed by atoms with Crippen molar-refractivity contribution in [1.82, 2.24) is 5.32 Å². The first-order valence-corrected chi connectivity index (χ1v) is 8.40. The van der Waals surface area contributed by atoms with Crippen LogP contribution in [0, 0.1) is 6.92 Å². The van der Waals surface area contributed by atoms with E-state index in [9.17, 15) is 0 Å². The Balaban J connectivity index is 1.30. The molecule has 0 saturated heterocycles. The standard InChI is InChI=1S/C18H27NO2/c1-14-7-8-18-15(11-14)12-17(21-18)13-19-9-10-20-16-5-3-2-4-6-16/h7-8,11,16-17,19H,2-6,9-10,12-13H2,1H3. The van der Waals surface area contributed by atoms with E-state index in [-0.39, 0.29) is 6.10 Å². The normalized spacial score (nSPS) is 22.0. The van der Waals surface area contributed by atoms with E-state index >= 15 is 0 Å². The summed E-state index contributed by atoms with van der Waals surface area (Å²) < 4.78 is 11.9. The summed E-state index contributed by atoms with van der Waals surface area (Å²) in [5.41, 5.74) is 2.66. The lowest BCUT2D eigenvalue weighted by Crippen LogP contribution is -2.33. The average molecular weight is 289 g/mol. The number of rotatable bonds is 6. The van der Waals surface area contributed by atoms with Crippen LogP contribution in [0.4, 0.5) is 0 Å². The fourth-order valence-electron chi connectivity index (χ4n) is 3.36. The van der Waals surface area contributed by atoms with Crippen molar-refractivity contribution < 1.29 is 9.47 Å². The van der Waals surface area contributed by atoms with Gasteiger partial charge in [-0.3, -0.25) is 0 Å². The second kappa shape index (κ2) is 7.28. The molecule has 0 spiro atoms. The van der Waals surface area contributed by atoms with E-state index in [1.54, 1.807) is 0 Å². The monoisotopic (exact) mass is 289 g/mol. The fraction of sp³-hybridized carbons (Fsp3) is 0.667. The minimum atomic E-state index is 0.275. The van der Waals surface area contributed by atoms with Crippen LogP contribution in [0.15, 0.2) is 18.2 Å². The Kier molecular flexibility index (Phi) is 5.15. The molecule has 3 heteroatoms. The molecule has 3 rings (SSSR count). The maximum atomic E-state index is 5.96. The van der Waals surface area contributed by atoms with Crippen LogP contribution >= 0.6 is 0 Å². The molecule has 1 unspecified atom stereocenters. The van der Waals surface area contributed by atoms with E-state index in [1.807, 2.05) is 0 Å². The van der Waals surface area contributed by atoms with Crippen molar-refractivity contribution in [2.24, 2.45) is 0 Å². The van der Waals surface area contributed by atoms with Crippen LogP contribution < -0.4 is 10.1 Å². The first kappa shape index (κ1) is 14.9. The highest BCUT2D eigenvalue weighted by Gasteiger charge is 2.22. The van der Waals surface area contributed by atoms with Crippen molar-refractivity contribution in [3.8, 4) is 5.75 Å². The molecule has 2 aliphatic rings. The summed E-state index contributed by atoms with van der Waals surface area (Å²) in [5, 5.41) is 3.47. The van der Waals surface area contributed by atoms with Crippen molar-refractivity contribution in [3.63, 3.8) is 0 Å². The Morgan fingerprint density at radius 1 is 1.24 bits per heavy atom. The molecule has 0 bridgehead atoms. The third kappa shape index (κ3) is 4.21. The summed E-state index contributed by atoms with van der Waals surface area (Å²) in [5.74, 6) is 1.06. The highest BCUT2D eigenvalue weighted by molar-refractivity contribution is 5.40. The summed E-state index contributed by atoms with van der Waals surface area (Å²) in [7, 11) is 0. The van der Waals surface area contributed by atoms with Gasteiger partial charge in [0.1, 0.15) is 11.9 Å². The van der Waals surface area contributed by atoms with Gasteiger partial charge in [-0.1, -0.05) is 37.0 Å². The molecule has 1 aliphatic heterocycles. The van der Waals surface area contributed by atoms with E-state index in [1.165, 1.54) is 43.2 Å². The number of nitrogens with one attached hydrogen (secondary N) is 1. The molecule has 0 radical (unpaired) electrons. The molecule has 1 N–H and O–H groups in total.